The smallest absolute Gasteiger partial charge is 0.227 e. The number of nitrogens with two attached hydrogens (primary N) is 1. The number of carbonyl (C=O) groups excluding carboxylic acids is 1. The highest BCUT2D eigenvalue weighted by Gasteiger charge is 2.28. The van der Waals surface area contributed by atoms with Crippen LogP contribution in [-0.2, 0) is 24.2 Å². The maximum atomic E-state index is 13.2. The van der Waals surface area contributed by atoms with Gasteiger partial charge < -0.3 is 10.6 Å². The fourth-order valence-corrected chi connectivity index (χ4v) is 4.15. The van der Waals surface area contributed by atoms with Crippen LogP contribution in [0.25, 0.3) is 5.57 Å². The first-order chi connectivity index (χ1) is 14.7. The van der Waals surface area contributed by atoms with E-state index in [1.807, 2.05) is 60.7 Å². The number of hydrogen-bond acceptors (Lipinski definition) is 4. The standard InChI is InChI=1S/C24H27N5O/c1-2-5-19(15-25)20-7-4-3-6-18(20)14-23(30)29-13-10-22-21(16-29)24(28-27-22)17-8-11-26-12-9-17/h2-8,11-12,15,17H,9-10,13-14,16,25H2,1H3,(H,27,28)/b5-2-,19-15+. The third kappa shape index (κ3) is 3.99. The molecule has 1 amide bonds. The SMILES string of the molecule is C/C=C\C(=C/N)c1ccccc1CC(=O)N1CCc2[nH]nc(C3C=CN=CC3)c2C1. The number of fused-ring (bicyclic) bond motifs is 1. The van der Waals surface area contributed by atoms with E-state index in [1.54, 1.807) is 6.20 Å². The highest BCUT2D eigenvalue weighted by Crippen LogP contribution is 2.30. The third-order valence-corrected chi connectivity index (χ3v) is 5.73. The van der Waals surface area contributed by atoms with Crippen LogP contribution in [0.4, 0.5) is 0 Å². The molecule has 1 aromatic carbocycles. The van der Waals surface area contributed by atoms with Gasteiger partial charge in [-0.2, -0.15) is 5.10 Å². The van der Waals surface area contributed by atoms with Crippen LogP contribution in [-0.4, -0.2) is 33.8 Å². The molecule has 1 atom stereocenters. The number of aromatic amines is 1. The zero-order valence-electron chi connectivity index (χ0n) is 17.2. The van der Waals surface area contributed by atoms with Crippen LogP contribution in [0.1, 0.15) is 47.3 Å². The molecule has 0 saturated carbocycles. The Labute approximate surface area is 176 Å². The van der Waals surface area contributed by atoms with Gasteiger partial charge in [0.25, 0.3) is 0 Å². The third-order valence-electron chi connectivity index (χ3n) is 5.73. The highest BCUT2D eigenvalue weighted by molar-refractivity contribution is 5.83. The van der Waals surface area contributed by atoms with E-state index >= 15 is 0 Å². The Morgan fingerprint density at radius 1 is 1.37 bits per heavy atom. The molecule has 1 aromatic heterocycles. The largest absolute Gasteiger partial charge is 0.404 e. The average Bonchev–Trinajstić information content (AvgIpc) is 3.22. The van der Waals surface area contributed by atoms with Crippen molar-refractivity contribution in [2.45, 2.75) is 38.6 Å². The highest BCUT2D eigenvalue weighted by atomic mass is 16.2. The second kappa shape index (κ2) is 8.95. The Kier molecular flexibility index (Phi) is 5.93. The summed E-state index contributed by atoms with van der Waals surface area (Å²) in [6.45, 7) is 3.25. The Balaban J connectivity index is 1.53. The Morgan fingerprint density at radius 3 is 3.00 bits per heavy atom. The lowest BCUT2D eigenvalue weighted by molar-refractivity contribution is -0.131. The van der Waals surface area contributed by atoms with Crippen LogP contribution in [0.5, 0.6) is 0 Å². The topological polar surface area (TPSA) is 87.4 Å². The fourth-order valence-electron chi connectivity index (χ4n) is 4.15. The molecule has 6 heteroatoms. The van der Waals surface area contributed by atoms with Crippen molar-refractivity contribution in [1.82, 2.24) is 15.1 Å². The number of aromatic nitrogens is 2. The molecule has 4 rings (SSSR count). The quantitative estimate of drug-likeness (QED) is 0.752. The van der Waals surface area contributed by atoms with Crippen molar-refractivity contribution < 1.29 is 4.79 Å². The molecule has 0 fully saturated rings. The predicted molar refractivity (Wildman–Crippen MR) is 120 cm³/mol. The summed E-state index contributed by atoms with van der Waals surface area (Å²) in [4.78, 5) is 19.3. The molecule has 154 valence electrons. The van der Waals surface area contributed by atoms with Gasteiger partial charge in [0.15, 0.2) is 0 Å². The summed E-state index contributed by atoms with van der Waals surface area (Å²) < 4.78 is 0. The summed E-state index contributed by atoms with van der Waals surface area (Å²) in [5, 5.41) is 7.75. The van der Waals surface area contributed by atoms with Crippen molar-refractivity contribution in [3.63, 3.8) is 0 Å². The maximum Gasteiger partial charge on any atom is 0.227 e. The number of nitrogens with zero attached hydrogens (tertiary/aromatic N) is 3. The number of H-pyrrole nitrogens is 1. The molecule has 2 aliphatic heterocycles. The van der Waals surface area contributed by atoms with E-state index < -0.39 is 0 Å². The van der Waals surface area contributed by atoms with E-state index in [9.17, 15) is 4.79 Å². The van der Waals surface area contributed by atoms with Gasteiger partial charge in [-0.15, -0.1) is 0 Å². The van der Waals surface area contributed by atoms with Crippen LogP contribution >= 0.6 is 0 Å². The first-order valence-electron chi connectivity index (χ1n) is 10.4. The first-order valence-corrected chi connectivity index (χ1v) is 10.4. The molecule has 2 aromatic rings. The molecule has 1 unspecified atom stereocenters. The molecule has 2 aliphatic rings. The summed E-state index contributed by atoms with van der Waals surface area (Å²) in [7, 11) is 0. The van der Waals surface area contributed by atoms with Crippen LogP contribution in [0, 0.1) is 0 Å². The lowest BCUT2D eigenvalue weighted by Crippen LogP contribution is -2.37. The molecular formula is C24H27N5O. The lowest BCUT2D eigenvalue weighted by Gasteiger charge is -2.28. The van der Waals surface area contributed by atoms with Crippen molar-refractivity contribution in [3.8, 4) is 0 Å². The van der Waals surface area contributed by atoms with Crippen molar-refractivity contribution in [1.29, 1.82) is 0 Å². The van der Waals surface area contributed by atoms with Gasteiger partial charge in [0.2, 0.25) is 5.91 Å². The van der Waals surface area contributed by atoms with Crippen LogP contribution < -0.4 is 5.73 Å². The normalized spacial score (nSPS) is 18.8. The number of carbonyl (C=O) groups is 1. The molecule has 0 spiro atoms. The van der Waals surface area contributed by atoms with Crippen molar-refractivity contribution in [2.24, 2.45) is 10.7 Å². The fraction of sp³-hybridized carbons (Fsp3) is 0.292. The molecule has 0 radical (unpaired) electrons. The van der Waals surface area contributed by atoms with Crippen molar-refractivity contribution >= 4 is 17.7 Å². The molecule has 0 aliphatic carbocycles. The van der Waals surface area contributed by atoms with Gasteiger partial charge in [-0.05, 0) is 30.0 Å². The predicted octanol–water partition coefficient (Wildman–Crippen LogP) is 3.48. The van der Waals surface area contributed by atoms with E-state index in [2.05, 4.69) is 21.3 Å². The van der Waals surface area contributed by atoms with Gasteiger partial charge >= 0.3 is 0 Å². The zero-order valence-corrected chi connectivity index (χ0v) is 17.2. The number of amides is 1. The number of rotatable bonds is 5. The Morgan fingerprint density at radius 2 is 2.23 bits per heavy atom. The number of hydrogen-bond donors (Lipinski definition) is 2. The summed E-state index contributed by atoms with van der Waals surface area (Å²) in [6.07, 6.45) is 13.3. The van der Waals surface area contributed by atoms with Crippen molar-refractivity contribution in [2.75, 3.05) is 6.54 Å². The molecule has 30 heavy (non-hydrogen) atoms. The average molecular weight is 402 g/mol. The van der Waals surface area contributed by atoms with E-state index in [-0.39, 0.29) is 11.8 Å². The summed E-state index contributed by atoms with van der Waals surface area (Å²) in [6, 6.07) is 7.96. The summed E-state index contributed by atoms with van der Waals surface area (Å²) >= 11 is 0. The minimum absolute atomic E-state index is 0.123. The second-order valence-corrected chi connectivity index (χ2v) is 7.60. The van der Waals surface area contributed by atoms with Crippen LogP contribution in [0.3, 0.4) is 0 Å². The molecule has 6 nitrogen and oxygen atoms in total. The minimum Gasteiger partial charge on any atom is -0.404 e. The minimum atomic E-state index is 0.123. The Hall–Kier alpha value is -3.41. The van der Waals surface area contributed by atoms with Gasteiger partial charge in [0.1, 0.15) is 0 Å². The number of allylic oxidation sites excluding steroid dienone is 4. The van der Waals surface area contributed by atoms with Crippen molar-refractivity contribution in [3.05, 3.63) is 83.0 Å². The van der Waals surface area contributed by atoms with E-state index in [4.69, 9.17) is 5.73 Å². The summed E-state index contributed by atoms with van der Waals surface area (Å²) in [5.74, 6) is 0.342. The van der Waals surface area contributed by atoms with Crippen LogP contribution in [0.15, 0.2) is 59.9 Å². The van der Waals surface area contributed by atoms with E-state index in [0.717, 1.165) is 46.5 Å². The Bertz CT molecular complexity index is 1040. The monoisotopic (exact) mass is 401 g/mol. The zero-order chi connectivity index (χ0) is 20.9. The lowest BCUT2D eigenvalue weighted by atomic mass is 9.93. The molecule has 3 N–H and O–H groups in total. The van der Waals surface area contributed by atoms with Gasteiger partial charge in [-0.3, -0.25) is 14.9 Å². The first kappa shape index (κ1) is 19.9. The van der Waals surface area contributed by atoms with Gasteiger partial charge in [0, 0.05) is 55.3 Å². The van der Waals surface area contributed by atoms with Gasteiger partial charge in [-0.1, -0.05) is 42.5 Å². The van der Waals surface area contributed by atoms with E-state index in [1.165, 1.54) is 0 Å². The molecule has 3 heterocycles. The van der Waals surface area contributed by atoms with E-state index in [0.29, 0.717) is 19.5 Å². The summed E-state index contributed by atoms with van der Waals surface area (Å²) in [5.41, 5.74) is 12.1. The molecule has 0 saturated heterocycles. The maximum absolute atomic E-state index is 13.2. The molecular weight excluding hydrogens is 374 g/mol. The molecule has 0 bridgehead atoms. The van der Waals surface area contributed by atoms with Gasteiger partial charge in [-0.25, -0.2) is 0 Å². The number of benzene rings is 1. The number of nitrogens with one attached hydrogen (secondary N) is 1. The van der Waals surface area contributed by atoms with Crippen LogP contribution in [0.2, 0.25) is 0 Å². The second-order valence-electron chi connectivity index (χ2n) is 7.60. The number of aliphatic imine (C=N–C) groups is 1. The van der Waals surface area contributed by atoms with Gasteiger partial charge in [0.05, 0.1) is 12.1 Å².